The molecule has 168 valence electrons. The highest BCUT2D eigenvalue weighted by Crippen LogP contribution is 2.41. The van der Waals surface area contributed by atoms with Gasteiger partial charge in [0.25, 0.3) is 5.69 Å². The van der Waals surface area contributed by atoms with Crippen LogP contribution in [0.25, 0.3) is 0 Å². The first kappa shape index (κ1) is 24.6. The number of Topliss-reactive ketones (excluding diaryl/α,β-unsaturated/α-hetero) is 1. The largest absolute Gasteiger partial charge is 0.457 e. The number of rotatable bonds is 8. The third kappa shape index (κ3) is 6.17. The molecule has 1 aromatic carbocycles. The minimum atomic E-state index is -0.764. The highest BCUT2D eigenvalue weighted by atomic mass is 35.5. The van der Waals surface area contributed by atoms with Crippen LogP contribution in [-0.4, -0.2) is 28.2 Å². The van der Waals surface area contributed by atoms with E-state index in [1.165, 1.54) is 19.1 Å². The number of dihydropyridines is 1. The second-order valence-electron chi connectivity index (χ2n) is 8.55. The Balaban J connectivity index is 2.68. The highest BCUT2D eigenvalue weighted by molar-refractivity contribution is 6.17. The molecule has 1 aliphatic heterocycles. The number of esters is 1. The van der Waals surface area contributed by atoms with Crippen LogP contribution >= 0.6 is 11.6 Å². The van der Waals surface area contributed by atoms with Gasteiger partial charge in [-0.05, 0) is 59.4 Å². The monoisotopic (exact) mass is 448 g/mol. The molecule has 0 saturated heterocycles. The van der Waals surface area contributed by atoms with E-state index in [0.717, 1.165) is 12.8 Å². The van der Waals surface area contributed by atoms with E-state index in [9.17, 15) is 19.7 Å². The van der Waals surface area contributed by atoms with Crippen molar-refractivity contribution in [2.75, 3.05) is 5.88 Å². The number of benzene rings is 1. The number of nitrogens with zero attached hydrogens (tertiary/aromatic N) is 1. The van der Waals surface area contributed by atoms with Crippen molar-refractivity contribution in [3.8, 4) is 0 Å². The molecule has 0 aromatic heterocycles. The molecule has 8 heteroatoms. The van der Waals surface area contributed by atoms with Gasteiger partial charge >= 0.3 is 5.97 Å². The summed E-state index contributed by atoms with van der Waals surface area (Å²) >= 11 is 5.81. The molecule has 1 heterocycles. The molecule has 7 nitrogen and oxygen atoms in total. The average molecular weight is 449 g/mol. The van der Waals surface area contributed by atoms with Crippen molar-refractivity contribution in [1.82, 2.24) is 5.32 Å². The van der Waals surface area contributed by atoms with Crippen molar-refractivity contribution < 1.29 is 19.2 Å². The number of ether oxygens (including phenoxy) is 1. The molecule has 1 aliphatic rings. The molecule has 0 bridgehead atoms. The van der Waals surface area contributed by atoms with Crippen LogP contribution in [0.1, 0.15) is 65.4 Å². The third-order valence-electron chi connectivity index (χ3n) is 4.87. The number of nitrogens with one attached hydrogen (secondary N) is 1. The number of non-ortho nitro benzene ring substituents is 1. The Hall–Kier alpha value is -2.67. The molecule has 2 rings (SSSR count). The van der Waals surface area contributed by atoms with Crippen LogP contribution in [0.15, 0.2) is 46.8 Å². The topological polar surface area (TPSA) is 98.5 Å². The fraction of sp³-hybridized carbons (Fsp3) is 0.478. The van der Waals surface area contributed by atoms with Crippen molar-refractivity contribution in [3.63, 3.8) is 0 Å². The van der Waals surface area contributed by atoms with Gasteiger partial charge in [-0.3, -0.25) is 14.9 Å². The lowest BCUT2D eigenvalue weighted by Crippen LogP contribution is -2.34. The first-order valence-corrected chi connectivity index (χ1v) is 10.7. The Labute approximate surface area is 187 Å². The van der Waals surface area contributed by atoms with Gasteiger partial charge < -0.3 is 10.1 Å². The fourth-order valence-electron chi connectivity index (χ4n) is 3.66. The maximum atomic E-state index is 13.2. The van der Waals surface area contributed by atoms with Crippen molar-refractivity contribution in [1.29, 1.82) is 0 Å². The summed E-state index contributed by atoms with van der Waals surface area (Å²) < 4.78 is 5.62. The van der Waals surface area contributed by atoms with Crippen LogP contribution in [0.2, 0.25) is 0 Å². The maximum absolute atomic E-state index is 13.2. The molecule has 0 fully saturated rings. The summed E-state index contributed by atoms with van der Waals surface area (Å²) in [5.41, 5.74) is 1.62. The van der Waals surface area contributed by atoms with Gasteiger partial charge in [0.05, 0.1) is 10.5 Å². The second-order valence-corrected chi connectivity index (χ2v) is 8.92. The molecule has 0 spiro atoms. The van der Waals surface area contributed by atoms with Crippen molar-refractivity contribution in [2.45, 2.75) is 65.4 Å². The fourth-order valence-corrected chi connectivity index (χ4v) is 3.85. The molecular weight excluding hydrogens is 420 g/mol. The van der Waals surface area contributed by atoms with Gasteiger partial charge in [-0.2, -0.15) is 0 Å². The summed E-state index contributed by atoms with van der Waals surface area (Å²) in [6, 6.07) is 6.04. The Morgan fingerprint density at radius 2 is 1.90 bits per heavy atom. The van der Waals surface area contributed by atoms with E-state index >= 15 is 0 Å². The van der Waals surface area contributed by atoms with E-state index in [-0.39, 0.29) is 17.0 Å². The molecule has 31 heavy (non-hydrogen) atoms. The zero-order valence-electron chi connectivity index (χ0n) is 18.6. The van der Waals surface area contributed by atoms with E-state index in [1.807, 2.05) is 0 Å². The van der Waals surface area contributed by atoms with Crippen LogP contribution in [0.3, 0.4) is 0 Å². The molecule has 1 aromatic rings. The van der Waals surface area contributed by atoms with Gasteiger partial charge in [-0.1, -0.05) is 12.1 Å². The summed E-state index contributed by atoms with van der Waals surface area (Å²) in [5.74, 6) is -1.03. The minimum absolute atomic E-state index is 0.108. The van der Waals surface area contributed by atoms with E-state index in [2.05, 4.69) is 5.32 Å². The van der Waals surface area contributed by atoms with Gasteiger partial charge in [0.15, 0.2) is 5.78 Å². The number of unbranched alkanes of at least 4 members (excludes halogenated alkanes) is 1. The van der Waals surface area contributed by atoms with Gasteiger partial charge in [0.2, 0.25) is 0 Å². The minimum Gasteiger partial charge on any atom is -0.457 e. The number of alkyl halides is 1. The number of nitro benzene ring substituents is 1. The molecule has 0 amide bonds. The summed E-state index contributed by atoms with van der Waals surface area (Å²) in [6.07, 6.45) is 2.12. The van der Waals surface area contributed by atoms with Crippen molar-refractivity contribution >= 4 is 29.0 Å². The Morgan fingerprint density at radius 3 is 2.45 bits per heavy atom. The summed E-state index contributed by atoms with van der Waals surface area (Å²) in [6.45, 7) is 8.48. The number of ketones is 1. The SMILES string of the molecule is CC(=O)C1=C(CCCCCl)NC(C)=C(C(=O)OC(C)(C)C)C1c1cccc([N+](=O)[O-])c1. The lowest BCUT2D eigenvalue weighted by Gasteiger charge is -2.33. The highest BCUT2D eigenvalue weighted by Gasteiger charge is 2.38. The molecule has 1 atom stereocenters. The lowest BCUT2D eigenvalue weighted by atomic mass is 9.78. The van der Waals surface area contributed by atoms with Gasteiger partial charge in [-0.15, -0.1) is 11.6 Å². The zero-order valence-corrected chi connectivity index (χ0v) is 19.3. The third-order valence-corrected chi connectivity index (χ3v) is 5.13. The van der Waals surface area contributed by atoms with Crippen LogP contribution in [-0.2, 0) is 14.3 Å². The molecular formula is C23H29ClN2O5. The van der Waals surface area contributed by atoms with Gasteiger partial charge in [-0.25, -0.2) is 4.79 Å². The predicted octanol–water partition coefficient (Wildman–Crippen LogP) is 5.15. The number of halogens is 1. The lowest BCUT2D eigenvalue weighted by molar-refractivity contribution is -0.384. The van der Waals surface area contributed by atoms with E-state index in [4.69, 9.17) is 16.3 Å². The van der Waals surface area contributed by atoms with E-state index in [1.54, 1.807) is 39.8 Å². The molecule has 0 aliphatic carbocycles. The number of carbonyl (C=O) groups excluding carboxylic acids is 2. The smallest absolute Gasteiger partial charge is 0.337 e. The number of hydrogen-bond donors (Lipinski definition) is 1. The predicted molar refractivity (Wildman–Crippen MR) is 120 cm³/mol. The first-order chi connectivity index (χ1) is 14.5. The second kappa shape index (κ2) is 10.1. The average Bonchev–Trinajstić information content (AvgIpc) is 2.65. The molecule has 0 saturated carbocycles. The summed E-state index contributed by atoms with van der Waals surface area (Å²) in [5, 5.41) is 14.6. The quantitative estimate of drug-likeness (QED) is 0.194. The zero-order chi connectivity index (χ0) is 23.3. The van der Waals surface area contributed by atoms with Gasteiger partial charge in [0.1, 0.15) is 5.60 Å². The molecule has 1 N–H and O–H groups in total. The molecule has 0 radical (unpaired) electrons. The van der Waals surface area contributed by atoms with Gasteiger partial charge in [0, 0.05) is 40.9 Å². The van der Waals surface area contributed by atoms with Crippen LogP contribution in [0.4, 0.5) is 5.69 Å². The number of hydrogen-bond acceptors (Lipinski definition) is 6. The number of allylic oxidation sites excluding steroid dienone is 3. The normalized spacial score (nSPS) is 16.8. The Bertz CT molecular complexity index is 944. The standard InChI is InChI=1S/C23H29ClN2O5/c1-14-19(22(28)31-23(3,4)5)21(16-9-8-10-17(13-16)26(29)30)20(15(2)27)18(25-14)11-6-7-12-24/h8-10,13,21,25H,6-7,11-12H2,1-5H3. The summed E-state index contributed by atoms with van der Waals surface area (Å²) in [4.78, 5) is 36.8. The summed E-state index contributed by atoms with van der Waals surface area (Å²) in [7, 11) is 0. The van der Waals surface area contributed by atoms with E-state index < -0.39 is 22.4 Å². The number of carbonyl (C=O) groups is 2. The van der Waals surface area contributed by atoms with Crippen molar-refractivity contribution in [3.05, 3.63) is 62.5 Å². The Morgan fingerprint density at radius 1 is 1.23 bits per heavy atom. The number of nitro groups is 1. The van der Waals surface area contributed by atoms with Crippen LogP contribution in [0, 0.1) is 10.1 Å². The molecule has 1 unspecified atom stereocenters. The maximum Gasteiger partial charge on any atom is 0.337 e. The van der Waals surface area contributed by atoms with Crippen molar-refractivity contribution in [2.24, 2.45) is 0 Å². The Kier molecular flexibility index (Phi) is 8.01. The van der Waals surface area contributed by atoms with Crippen LogP contribution in [0.5, 0.6) is 0 Å². The first-order valence-electron chi connectivity index (χ1n) is 10.2. The van der Waals surface area contributed by atoms with E-state index in [0.29, 0.717) is 34.8 Å². The van der Waals surface area contributed by atoms with Crippen LogP contribution < -0.4 is 5.32 Å².